The van der Waals surface area contributed by atoms with E-state index >= 15 is 0 Å². The maximum atomic E-state index is 12.6. The van der Waals surface area contributed by atoms with Gasteiger partial charge in [-0.2, -0.15) is 5.10 Å². The second kappa shape index (κ2) is 8.24. The number of ether oxygens (including phenoxy) is 1. The molecule has 1 saturated carbocycles. The number of nitrogens with one attached hydrogen (secondary N) is 2. The second-order valence-electron chi connectivity index (χ2n) is 6.88. The highest BCUT2D eigenvalue weighted by atomic mass is 32.1. The highest BCUT2D eigenvalue weighted by Gasteiger charge is 2.25. The molecule has 0 aromatic carbocycles. The number of carbonyl (C=O) groups excluding carboxylic acids is 1. The van der Waals surface area contributed by atoms with Gasteiger partial charge in [0.2, 0.25) is 16.0 Å². The topological polar surface area (TPSA) is 144 Å². The molecule has 158 valence electrons. The van der Waals surface area contributed by atoms with E-state index in [1.807, 2.05) is 13.0 Å². The van der Waals surface area contributed by atoms with Gasteiger partial charge < -0.3 is 19.6 Å². The summed E-state index contributed by atoms with van der Waals surface area (Å²) in [7, 11) is 1.35. The van der Waals surface area contributed by atoms with E-state index in [1.54, 1.807) is 10.9 Å². The molecule has 3 N–H and O–H groups in total. The number of hydrogen-bond donors (Lipinski definition) is 3. The molecular weight excluding hydrogens is 412 g/mol. The number of rotatable bonds is 6. The maximum Gasteiger partial charge on any atom is 0.381 e. The van der Waals surface area contributed by atoms with E-state index in [4.69, 9.17) is 9.15 Å². The fourth-order valence-corrected chi connectivity index (χ4v) is 4.04. The summed E-state index contributed by atoms with van der Waals surface area (Å²) < 4.78 is 11.8. The first-order valence-corrected chi connectivity index (χ1v) is 10.1. The zero-order chi connectivity index (χ0) is 21.3. The van der Waals surface area contributed by atoms with Crippen molar-refractivity contribution in [3.63, 3.8) is 0 Å². The van der Waals surface area contributed by atoms with Crippen LogP contribution in [0.4, 0.5) is 10.8 Å². The van der Waals surface area contributed by atoms with Gasteiger partial charge in [-0.05, 0) is 32.3 Å². The third kappa shape index (κ3) is 4.04. The number of amides is 1. The van der Waals surface area contributed by atoms with E-state index < -0.39 is 11.5 Å². The molecule has 1 fully saturated rings. The van der Waals surface area contributed by atoms with Gasteiger partial charge >= 0.3 is 5.63 Å². The Labute approximate surface area is 174 Å². The lowest BCUT2D eigenvalue weighted by atomic mass is 10.2. The van der Waals surface area contributed by atoms with Crippen LogP contribution in [0.3, 0.4) is 0 Å². The highest BCUT2D eigenvalue weighted by molar-refractivity contribution is 7.17. The van der Waals surface area contributed by atoms with Crippen molar-refractivity contribution in [2.24, 2.45) is 0 Å². The molecular formula is C18H20N6O5S. The monoisotopic (exact) mass is 432 g/mol. The highest BCUT2D eigenvalue weighted by Crippen LogP contribution is 2.28. The van der Waals surface area contributed by atoms with Crippen LogP contribution in [0.15, 0.2) is 27.5 Å². The van der Waals surface area contributed by atoms with E-state index in [2.05, 4.69) is 25.9 Å². The van der Waals surface area contributed by atoms with Crippen LogP contribution in [0.2, 0.25) is 0 Å². The molecule has 3 aromatic rings. The van der Waals surface area contributed by atoms with Crippen LogP contribution in [-0.2, 0) is 0 Å². The first-order valence-electron chi connectivity index (χ1n) is 9.27. The molecule has 1 amide bonds. The Hall–Kier alpha value is -3.25. The standard InChI is InChI=1S/C18H20N6O5S/c1-9-5-6-19-24(9)18-23-22-17(30-18)21-15(26)13-8-12(14(28-2)16(27)29-13)20-10-3-4-11(25)7-10/h5-6,8,10-11,20,25H,3-4,7H2,1-2H3,(H,21,22,26)/t10-,11-/m1/s1. The van der Waals surface area contributed by atoms with Crippen LogP contribution >= 0.6 is 11.3 Å². The molecule has 4 rings (SSSR count). The number of methoxy groups -OCH3 is 1. The molecule has 3 aromatic heterocycles. The third-order valence-corrected chi connectivity index (χ3v) is 5.56. The van der Waals surface area contributed by atoms with Crippen molar-refractivity contribution in [3.05, 3.63) is 40.2 Å². The van der Waals surface area contributed by atoms with E-state index in [0.717, 1.165) is 23.5 Å². The SMILES string of the molecule is COc1c(N[C@@H]2CC[C@@H](O)C2)cc(C(=O)Nc2nnc(-n3nccc3C)s2)oc1=O. The lowest BCUT2D eigenvalue weighted by Crippen LogP contribution is -2.21. The molecule has 30 heavy (non-hydrogen) atoms. The predicted octanol–water partition coefficient (Wildman–Crippen LogP) is 1.57. The van der Waals surface area contributed by atoms with Gasteiger partial charge in [0, 0.05) is 24.0 Å². The molecule has 0 saturated heterocycles. The van der Waals surface area contributed by atoms with Crippen LogP contribution in [0.5, 0.6) is 5.75 Å². The van der Waals surface area contributed by atoms with E-state index in [9.17, 15) is 14.7 Å². The summed E-state index contributed by atoms with van der Waals surface area (Å²) in [6.07, 6.45) is 3.21. The first-order chi connectivity index (χ1) is 14.4. The minimum Gasteiger partial charge on any atom is -0.488 e. The summed E-state index contributed by atoms with van der Waals surface area (Å²) in [6, 6.07) is 3.19. The summed E-state index contributed by atoms with van der Waals surface area (Å²) in [5, 5.41) is 28.3. The lowest BCUT2D eigenvalue weighted by Gasteiger charge is -2.16. The van der Waals surface area contributed by atoms with Crippen LogP contribution in [0, 0.1) is 6.92 Å². The van der Waals surface area contributed by atoms with Crippen molar-refractivity contribution < 1.29 is 19.1 Å². The number of aliphatic hydroxyl groups excluding tert-OH is 1. The molecule has 0 bridgehead atoms. The number of anilines is 2. The van der Waals surface area contributed by atoms with Gasteiger partial charge in [-0.15, -0.1) is 10.2 Å². The Balaban J connectivity index is 1.54. The number of aliphatic hydroxyl groups is 1. The second-order valence-corrected chi connectivity index (χ2v) is 7.84. The Bertz CT molecular complexity index is 1120. The lowest BCUT2D eigenvalue weighted by molar-refractivity contribution is 0.0991. The Kier molecular flexibility index (Phi) is 5.50. The number of hydrogen-bond acceptors (Lipinski definition) is 10. The number of aromatic nitrogens is 4. The normalized spacial score (nSPS) is 18.4. The van der Waals surface area contributed by atoms with Gasteiger partial charge in [0.25, 0.3) is 5.91 Å². The molecule has 0 radical (unpaired) electrons. The van der Waals surface area contributed by atoms with E-state index in [1.165, 1.54) is 13.2 Å². The Morgan fingerprint density at radius 1 is 1.40 bits per heavy atom. The van der Waals surface area contributed by atoms with Crippen molar-refractivity contribution >= 4 is 28.1 Å². The average Bonchev–Trinajstić information content (AvgIpc) is 3.43. The summed E-state index contributed by atoms with van der Waals surface area (Å²) in [6.45, 7) is 1.87. The maximum absolute atomic E-state index is 12.6. The molecule has 1 aliphatic rings. The number of carbonyl (C=O) groups is 1. The van der Waals surface area contributed by atoms with Crippen LogP contribution in [0.25, 0.3) is 5.13 Å². The summed E-state index contributed by atoms with van der Waals surface area (Å²) in [5.41, 5.74) is 0.428. The molecule has 2 atom stereocenters. The average molecular weight is 432 g/mol. The first kappa shape index (κ1) is 20.0. The van der Waals surface area contributed by atoms with Crippen molar-refractivity contribution in [3.8, 4) is 10.9 Å². The van der Waals surface area contributed by atoms with Gasteiger partial charge in [-0.3, -0.25) is 10.1 Å². The van der Waals surface area contributed by atoms with Crippen LogP contribution < -0.4 is 21.0 Å². The molecule has 0 unspecified atom stereocenters. The Morgan fingerprint density at radius 3 is 2.90 bits per heavy atom. The van der Waals surface area contributed by atoms with Crippen LogP contribution in [0.1, 0.15) is 35.5 Å². The molecule has 3 heterocycles. The molecule has 12 heteroatoms. The summed E-state index contributed by atoms with van der Waals surface area (Å²) in [4.78, 5) is 24.9. The zero-order valence-electron chi connectivity index (χ0n) is 16.3. The minimum atomic E-state index is -0.781. The van der Waals surface area contributed by atoms with Gasteiger partial charge in [0.15, 0.2) is 5.76 Å². The molecule has 1 aliphatic carbocycles. The molecule has 0 aliphatic heterocycles. The predicted molar refractivity (Wildman–Crippen MR) is 109 cm³/mol. The van der Waals surface area contributed by atoms with E-state index in [-0.39, 0.29) is 28.8 Å². The molecule has 0 spiro atoms. The van der Waals surface area contributed by atoms with Gasteiger partial charge in [0.1, 0.15) is 0 Å². The Morgan fingerprint density at radius 2 is 2.23 bits per heavy atom. The summed E-state index contributed by atoms with van der Waals surface area (Å²) >= 11 is 1.13. The zero-order valence-corrected chi connectivity index (χ0v) is 17.1. The van der Waals surface area contributed by atoms with Gasteiger partial charge in [0.05, 0.1) is 18.9 Å². The largest absolute Gasteiger partial charge is 0.488 e. The van der Waals surface area contributed by atoms with Crippen molar-refractivity contribution in [1.82, 2.24) is 20.0 Å². The van der Waals surface area contributed by atoms with Crippen molar-refractivity contribution in [1.29, 1.82) is 0 Å². The van der Waals surface area contributed by atoms with Gasteiger partial charge in [-0.25, -0.2) is 9.48 Å². The number of nitrogens with zero attached hydrogens (tertiary/aromatic N) is 4. The summed E-state index contributed by atoms with van der Waals surface area (Å²) in [5.74, 6) is -0.877. The van der Waals surface area contributed by atoms with Crippen molar-refractivity contribution in [2.75, 3.05) is 17.7 Å². The van der Waals surface area contributed by atoms with Crippen LogP contribution in [-0.4, -0.2) is 50.2 Å². The van der Waals surface area contributed by atoms with Gasteiger partial charge in [-0.1, -0.05) is 11.3 Å². The van der Waals surface area contributed by atoms with E-state index in [0.29, 0.717) is 23.7 Å². The quantitative estimate of drug-likeness (QED) is 0.528. The number of aryl methyl sites for hydroxylation is 1. The fraction of sp³-hybridized carbons (Fsp3) is 0.389. The minimum absolute atomic E-state index is 0.0275. The fourth-order valence-electron chi connectivity index (χ4n) is 3.28. The molecule has 11 nitrogen and oxygen atoms in total. The smallest absolute Gasteiger partial charge is 0.381 e. The third-order valence-electron chi connectivity index (χ3n) is 4.75. The van der Waals surface area contributed by atoms with Crippen molar-refractivity contribution in [2.45, 2.75) is 38.3 Å².